The molecule has 0 radical (unpaired) electrons. The van der Waals surface area contributed by atoms with Crippen molar-refractivity contribution in [2.75, 3.05) is 4.31 Å². The summed E-state index contributed by atoms with van der Waals surface area (Å²) in [5.74, 6) is -1.25. The van der Waals surface area contributed by atoms with Crippen molar-refractivity contribution in [2.24, 2.45) is 0 Å². The van der Waals surface area contributed by atoms with Crippen LogP contribution in [0.5, 0.6) is 0 Å². The predicted octanol–water partition coefficient (Wildman–Crippen LogP) is 2.95. The van der Waals surface area contributed by atoms with Gasteiger partial charge in [-0.25, -0.2) is 4.72 Å². The Morgan fingerprint density at radius 1 is 1.04 bits per heavy atom. The van der Waals surface area contributed by atoms with E-state index >= 15 is 0 Å². The van der Waals surface area contributed by atoms with Crippen LogP contribution in [-0.4, -0.2) is 26.2 Å². The number of amides is 1. The highest BCUT2D eigenvalue weighted by atomic mass is 32.2. The Morgan fingerprint density at radius 3 is 2.57 bits per heavy atom. The lowest BCUT2D eigenvalue weighted by Gasteiger charge is -2.36. The SMILES string of the molecule is CC1CCc2ccccc2N1S(=O)(=O)NC(=O)C1CCC(=O)c2ccccc21. The van der Waals surface area contributed by atoms with Gasteiger partial charge in [0.05, 0.1) is 11.6 Å². The number of fused-ring (bicyclic) bond motifs is 2. The first kappa shape index (κ1) is 18.7. The molecule has 28 heavy (non-hydrogen) atoms. The molecule has 1 amide bonds. The molecule has 2 unspecified atom stereocenters. The van der Waals surface area contributed by atoms with Gasteiger partial charge < -0.3 is 0 Å². The molecule has 1 N–H and O–H groups in total. The van der Waals surface area contributed by atoms with E-state index in [4.69, 9.17) is 0 Å². The maximum absolute atomic E-state index is 13.1. The zero-order valence-corrected chi connectivity index (χ0v) is 16.4. The summed E-state index contributed by atoms with van der Waals surface area (Å²) >= 11 is 0. The lowest BCUT2D eigenvalue weighted by atomic mass is 9.82. The van der Waals surface area contributed by atoms with E-state index in [9.17, 15) is 18.0 Å². The van der Waals surface area contributed by atoms with Gasteiger partial charge in [0.2, 0.25) is 5.91 Å². The Kier molecular flexibility index (Phi) is 4.71. The molecule has 6 nitrogen and oxygen atoms in total. The van der Waals surface area contributed by atoms with E-state index in [2.05, 4.69) is 4.72 Å². The van der Waals surface area contributed by atoms with Gasteiger partial charge in [0.15, 0.2) is 5.78 Å². The average molecular weight is 398 g/mol. The molecule has 4 rings (SSSR count). The summed E-state index contributed by atoms with van der Waals surface area (Å²) in [6.45, 7) is 1.84. The van der Waals surface area contributed by atoms with Gasteiger partial charge in [-0.3, -0.25) is 13.9 Å². The summed E-state index contributed by atoms with van der Waals surface area (Å²) in [4.78, 5) is 25.0. The molecule has 2 aromatic carbocycles. The molecule has 0 bridgehead atoms. The van der Waals surface area contributed by atoms with Crippen LogP contribution in [0.25, 0.3) is 0 Å². The molecule has 0 fully saturated rings. The topological polar surface area (TPSA) is 83.6 Å². The van der Waals surface area contributed by atoms with Crippen LogP contribution in [0.2, 0.25) is 0 Å². The standard InChI is InChI=1S/C21H22N2O4S/c1-14-10-11-15-6-2-5-9-19(15)23(14)28(26,27)22-21(25)18-12-13-20(24)17-8-4-3-7-16(17)18/h2-9,14,18H,10-13H2,1H3,(H,22,25). The number of hydrogen-bond acceptors (Lipinski definition) is 4. The van der Waals surface area contributed by atoms with Gasteiger partial charge in [0.25, 0.3) is 0 Å². The molecule has 0 aromatic heterocycles. The van der Waals surface area contributed by atoms with Gasteiger partial charge >= 0.3 is 10.2 Å². The van der Waals surface area contributed by atoms with Crippen LogP contribution >= 0.6 is 0 Å². The van der Waals surface area contributed by atoms with E-state index in [1.165, 1.54) is 4.31 Å². The number of para-hydroxylation sites is 1. The van der Waals surface area contributed by atoms with Crippen molar-refractivity contribution < 1.29 is 18.0 Å². The molecular weight excluding hydrogens is 376 g/mol. The Balaban J connectivity index is 1.63. The summed E-state index contributed by atoms with van der Waals surface area (Å²) in [7, 11) is -4.06. The first-order valence-corrected chi connectivity index (χ1v) is 10.9. The number of benzene rings is 2. The van der Waals surface area contributed by atoms with Gasteiger partial charge in [-0.15, -0.1) is 0 Å². The van der Waals surface area contributed by atoms with Crippen LogP contribution in [0.1, 0.15) is 53.6 Å². The Labute approximate surface area is 164 Å². The third-order valence-electron chi connectivity index (χ3n) is 5.56. The second kappa shape index (κ2) is 7.05. The molecule has 0 saturated heterocycles. The van der Waals surface area contributed by atoms with Gasteiger partial charge in [-0.2, -0.15) is 8.42 Å². The minimum atomic E-state index is -4.06. The fraction of sp³-hybridized carbons (Fsp3) is 0.333. The fourth-order valence-electron chi connectivity index (χ4n) is 4.16. The fourth-order valence-corrected chi connectivity index (χ4v) is 5.67. The first-order chi connectivity index (χ1) is 13.4. The molecule has 1 heterocycles. The molecule has 0 saturated carbocycles. The number of nitrogens with one attached hydrogen (secondary N) is 1. The Morgan fingerprint density at radius 2 is 1.75 bits per heavy atom. The van der Waals surface area contributed by atoms with Crippen LogP contribution in [0.3, 0.4) is 0 Å². The van der Waals surface area contributed by atoms with Crippen molar-refractivity contribution in [2.45, 2.75) is 44.6 Å². The molecule has 2 aromatic rings. The zero-order chi connectivity index (χ0) is 19.9. The molecule has 7 heteroatoms. The smallest absolute Gasteiger partial charge is 0.294 e. The van der Waals surface area contributed by atoms with E-state index < -0.39 is 22.0 Å². The molecular formula is C21H22N2O4S. The maximum Gasteiger partial charge on any atom is 0.326 e. The number of carbonyl (C=O) groups excluding carboxylic acids is 2. The lowest BCUT2D eigenvalue weighted by molar-refractivity contribution is -0.121. The number of anilines is 1. The van der Waals surface area contributed by atoms with Crippen LogP contribution in [0.15, 0.2) is 48.5 Å². The summed E-state index contributed by atoms with van der Waals surface area (Å²) in [6.07, 6.45) is 2.03. The summed E-state index contributed by atoms with van der Waals surface area (Å²) in [5, 5.41) is 0. The molecule has 1 aliphatic heterocycles. The van der Waals surface area contributed by atoms with Crippen molar-refractivity contribution in [3.05, 3.63) is 65.2 Å². The Hall–Kier alpha value is -2.67. The first-order valence-electron chi connectivity index (χ1n) is 9.44. The minimum Gasteiger partial charge on any atom is -0.294 e. The second-order valence-electron chi connectivity index (χ2n) is 7.39. The minimum absolute atomic E-state index is 0.0129. The highest BCUT2D eigenvalue weighted by molar-refractivity contribution is 7.91. The number of hydrogen-bond donors (Lipinski definition) is 1. The van der Waals surface area contributed by atoms with Crippen LogP contribution in [0, 0.1) is 0 Å². The summed E-state index contributed by atoms with van der Waals surface area (Å²) in [5.41, 5.74) is 2.66. The van der Waals surface area contributed by atoms with Crippen LogP contribution in [-0.2, 0) is 21.4 Å². The third kappa shape index (κ3) is 3.20. The quantitative estimate of drug-likeness (QED) is 0.862. The van der Waals surface area contributed by atoms with Crippen molar-refractivity contribution in [3.8, 4) is 0 Å². The number of rotatable bonds is 3. The van der Waals surface area contributed by atoms with Gasteiger partial charge in [-0.1, -0.05) is 42.5 Å². The second-order valence-corrected chi connectivity index (χ2v) is 8.93. The number of nitrogens with zero attached hydrogens (tertiary/aromatic N) is 1. The van der Waals surface area contributed by atoms with E-state index in [-0.39, 0.29) is 18.2 Å². The molecule has 1 aliphatic carbocycles. The van der Waals surface area contributed by atoms with E-state index in [1.54, 1.807) is 36.4 Å². The van der Waals surface area contributed by atoms with E-state index in [0.29, 0.717) is 29.7 Å². The summed E-state index contributed by atoms with van der Waals surface area (Å²) in [6, 6.07) is 14.0. The highest BCUT2D eigenvalue weighted by Crippen LogP contribution is 2.34. The van der Waals surface area contributed by atoms with E-state index in [0.717, 1.165) is 12.0 Å². The third-order valence-corrected chi connectivity index (χ3v) is 7.10. The maximum atomic E-state index is 13.1. The van der Waals surface area contributed by atoms with Crippen LogP contribution < -0.4 is 9.03 Å². The number of ketones is 1. The van der Waals surface area contributed by atoms with Gasteiger partial charge in [0.1, 0.15) is 0 Å². The number of carbonyl (C=O) groups is 2. The number of aryl methyl sites for hydroxylation is 1. The highest BCUT2D eigenvalue weighted by Gasteiger charge is 2.37. The molecule has 2 atom stereocenters. The largest absolute Gasteiger partial charge is 0.326 e. The van der Waals surface area contributed by atoms with Crippen molar-refractivity contribution in [1.82, 2.24) is 4.72 Å². The average Bonchev–Trinajstić information content (AvgIpc) is 2.67. The summed E-state index contributed by atoms with van der Waals surface area (Å²) < 4.78 is 29.8. The molecule has 146 valence electrons. The zero-order valence-electron chi connectivity index (χ0n) is 15.6. The monoisotopic (exact) mass is 398 g/mol. The number of Topliss-reactive ketones (excluding diaryl/α,β-unsaturated/α-hetero) is 1. The van der Waals surface area contributed by atoms with Crippen LogP contribution in [0.4, 0.5) is 5.69 Å². The predicted molar refractivity (Wildman–Crippen MR) is 107 cm³/mol. The van der Waals surface area contributed by atoms with Gasteiger partial charge in [0, 0.05) is 18.0 Å². The molecule has 0 spiro atoms. The van der Waals surface area contributed by atoms with Crippen molar-refractivity contribution in [1.29, 1.82) is 0 Å². The Bertz CT molecular complexity index is 1050. The lowest BCUT2D eigenvalue weighted by Crippen LogP contribution is -2.50. The van der Waals surface area contributed by atoms with Crippen molar-refractivity contribution in [3.63, 3.8) is 0 Å². The van der Waals surface area contributed by atoms with E-state index in [1.807, 2.05) is 19.1 Å². The normalized spacial score (nSPS) is 21.6. The van der Waals surface area contributed by atoms with Gasteiger partial charge in [-0.05, 0) is 43.4 Å². The molecule has 2 aliphatic rings. The van der Waals surface area contributed by atoms with Crippen molar-refractivity contribution >= 4 is 27.6 Å².